The van der Waals surface area contributed by atoms with Gasteiger partial charge < -0.3 is 9.88 Å². The van der Waals surface area contributed by atoms with Crippen molar-refractivity contribution < 1.29 is 4.79 Å². The molecule has 27 heavy (non-hydrogen) atoms. The lowest BCUT2D eigenvalue weighted by atomic mass is 10.1. The molecule has 0 unspecified atom stereocenters. The van der Waals surface area contributed by atoms with Crippen LogP contribution in [-0.2, 0) is 11.3 Å². The third-order valence-corrected chi connectivity index (χ3v) is 4.95. The van der Waals surface area contributed by atoms with Gasteiger partial charge in [-0.3, -0.25) is 15.6 Å². The van der Waals surface area contributed by atoms with E-state index in [9.17, 15) is 4.79 Å². The first kappa shape index (κ1) is 21.2. The zero-order chi connectivity index (χ0) is 19.6. The summed E-state index contributed by atoms with van der Waals surface area (Å²) in [6.07, 6.45) is 1.02. The van der Waals surface area contributed by atoms with Crippen molar-refractivity contribution in [2.24, 2.45) is 5.92 Å². The Labute approximate surface area is 169 Å². The maximum atomic E-state index is 12.0. The molecule has 0 saturated heterocycles. The van der Waals surface area contributed by atoms with Gasteiger partial charge in [-0.25, -0.2) is 0 Å². The van der Waals surface area contributed by atoms with Crippen LogP contribution in [0.4, 0.5) is 0 Å². The van der Waals surface area contributed by atoms with Gasteiger partial charge in [0.15, 0.2) is 10.3 Å². The Bertz CT molecular complexity index is 748. The zero-order valence-corrected chi connectivity index (χ0v) is 17.5. The first-order valence-electron chi connectivity index (χ1n) is 8.85. The van der Waals surface area contributed by atoms with Crippen molar-refractivity contribution in [3.05, 3.63) is 41.7 Å². The van der Waals surface area contributed by atoms with Crippen LogP contribution in [0.2, 0.25) is 0 Å². The second-order valence-corrected chi connectivity index (χ2v) is 7.85. The zero-order valence-electron chi connectivity index (χ0n) is 15.9. The molecule has 1 amide bonds. The van der Waals surface area contributed by atoms with Crippen LogP contribution in [0.5, 0.6) is 0 Å². The average molecular weight is 407 g/mol. The van der Waals surface area contributed by atoms with E-state index in [2.05, 4.69) is 52.3 Å². The number of hydrogen-bond acceptors (Lipinski definition) is 5. The largest absolute Gasteiger partial charge is 0.361 e. The summed E-state index contributed by atoms with van der Waals surface area (Å²) in [4.78, 5) is 12.0. The number of hydrogen-bond donors (Lipinski definition) is 3. The van der Waals surface area contributed by atoms with Crippen LogP contribution < -0.4 is 16.2 Å². The molecule has 146 valence electrons. The van der Waals surface area contributed by atoms with Crippen molar-refractivity contribution in [2.45, 2.75) is 38.9 Å². The third kappa shape index (κ3) is 7.56. The van der Waals surface area contributed by atoms with Crippen LogP contribution in [0.25, 0.3) is 0 Å². The van der Waals surface area contributed by atoms with Gasteiger partial charge in [0.2, 0.25) is 5.91 Å². The number of nitrogens with zero attached hydrogens (tertiary/aromatic N) is 3. The van der Waals surface area contributed by atoms with E-state index >= 15 is 0 Å². The van der Waals surface area contributed by atoms with Crippen LogP contribution in [0.3, 0.4) is 0 Å². The molecule has 2 rings (SSSR count). The number of carbonyl (C=O) groups excluding carboxylic acids is 1. The molecule has 7 nitrogen and oxygen atoms in total. The van der Waals surface area contributed by atoms with Crippen molar-refractivity contribution in [2.75, 3.05) is 12.3 Å². The first-order valence-corrected chi connectivity index (χ1v) is 10.2. The topological polar surface area (TPSA) is 83.9 Å². The van der Waals surface area contributed by atoms with Crippen LogP contribution in [0.15, 0.2) is 35.5 Å². The molecule has 0 fully saturated rings. The van der Waals surface area contributed by atoms with Gasteiger partial charge in [0.05, 0.1) is 12.3 Å². The summed E-state index contributed by atoms with van der Waals surface area (Å²) < 4.78 is 2.00. The maximum Gasteiger partial charge on any atom is 0.248 e. The first-order chi connectivity index (χ1) is 13.0. The molecule has 0 radical (unpaired) electrons. The number of amides is 1. The summed E-state index contributed by atoms with van der Waals surface area (Å²) in [7, 11) is 0. The van der Waals surface area contributed by atoms with E-state index in [4.69, 9.17) is 12.2 Å². The fourth-order valence-corrected chi connectivity index (χ4v) is 3.16. The molecule has 0 atom stereocenters. The fraction of sp³-hybridized carbons (Fsp3) is 0.444. The summed E-state index contributed by atoms with van der Waals surface area (Å²) in [6, 6.07) is 10.1. The van der Waals surface area contributed by atoms with Crippen molar-refractivity contribution >= 4 is 35.0 Å². The van der Waals surface area contributed by atoms with E-state index < -0.39 is 0 Å². The van der Waals surface area contributed by atoms with Crippen LogP contribution in [-0.4, -0.2) is 38.1 Å². The number of aryl methyl sites for hydroxylation is 1. The summed E-state index contributed by atoms with van der Waals surface area (Å²) in [6.45, 7) is 7.65. The number of aromatic nitrogens is 3. The number of thioether (sulfide) groups is 1. The molecular weight excluding hydrogens is 380 g/mol. The molecule has 0 aliphatic carbocycles. The van der Waals surface area contributed by atoms with Gasteiger partial charge in [-0.2, -0.15) is 0 Å². The number of benzene rings is 1. The Morgan fingerprint density at radius 3 is 2.67 bits per heavy atom. The average Bonchev–Trinajstić information content (AvgIpc) is 2.98. The summed E-state index contributed by atoms with van der Waals surface area (Å²) >= 11 is 6.47. The van der Waals surface area contributed by atoms with E-state index in [-0.39, 0.29) is 11.7 Å². The quantitative estimate of drug-likeness (QED) is 0.352. The Morgan fingerprint density at radius 1 is 1.22 bits per heavy atom. The maximum absolute atomic E-state index is 12.0. The van der Waals surface area contributed by atoms with E-state index in [1.807, 2.05) is 29.7 Å². The second-order valence-electron chi connectivity index (χ2n) is 6.50. The van der Waals surface area contributed by atoms with Gasteiger partial charge in [0.1, 0.15) is 5.82 Å². The molecule has 0 aliphatic heterocycles. The van der Waals surface area contributed by atoms with Gasteiger partial charge in [-0.1, -0.05) is 55.9 Å². The highest BCUT2D eigenvalue weighted by atomic mass is 32.2. The number of rotatable bonds is 8. The molecule has 2 aromatic rings. The lowest BCUT2D eigenvalue weighted by molar-refractivity contribution is -0.119. The van der Waals surface area contributed by atoms with Crippen molar-refractivity contribution in [1.29, 1.82) is 0 Å². The molecule has 1 aromatic heterocycles. The lowest BCUT2D eigenvalue weighted by Gasteiger charge is -2.12. The minimum absolute atomic E-state index is 0.181. The summed E-state index contributed by atoms with van der Waals surface area (Å²) in [5, 5.41) is 12.5. The van der Waals surface area contributed by atoms with Crippen LogP contribution in [0, 0.1) is 12.8 Å². The second kappa shape index (κ2) is 10.9. The molecule has 1 aromatic carbocycles. The van der Waals surface area contributed by atoms with Crippen molar-refractivity contribution in [3.63, 3.8) is 0 Å². The van der Waals surface area contributed by atoms with Crippen LogP contribution >= 0.6 is 24.0 Å². The number of hydrazine groups is 1. The molecule has 3 N–H and O–H groups in total. The van der Waals surface area contributed by atoms with E-state index in [1.54, 1.807) is 0 Å². The van der Waals surface area contributed by atoms with Gasteiger partial charge in [-0.15, -0.1) is 10.2 Å². The summed E-state index contributed by atoms with van der Waals surface area (Å²) in [5.41, 5.74) is 6.47. The normalized spacial score (nSPS) is 10.7. The highest BCUT2D eigenvalue weighted by Crippen LogP contribution is 2.18. The molecule has 0 spiro atoms. The van der Waals surface area contributed by atoms with Crippen LogP contribution in [0.1, 0.15) is 31.7 Å². The number of nitrogens with one attached hydrogen (secondary N) is 3. The third-order valence-electron chi connectivity index (χ3n) is 3.74. The van der Waals surface area contributed by atoms with Crippen molar-refractivity contribution in [1.82, 2.24) is 30.9 Å². The Kier molecular flexibility index (Phi) is 8.53. The number of carbonyl (C=O) groups is 1. The van der Waals surface area contributed by atoms with Gasteiger partial charge in [0.25, 0.3) is 0 Å². The smallest absolute Gasteiger partial charge is 0.248 e. The highest BCUT2D eigenvalue weighted by Gasteiger charge is 2.12. The SMILES string of the molecule is Cc1nnc(SCC(=O)NNC(=S)NCCC(C)C)n1Cc1ccccc1. The molecule has 0 bridgehead atoms. The van der Waals surface area contributed by atoms with Gasteiger partial charge in [-0.05, 0) is 37.0 Å². The standard InChI is InChI=1S/C18H26N6OS2/c1-13(2)9-10-19-17(26)22-21-16(25)12-27-18-23-20-14(3)24(18)11-15-7-5-4-6-8-15/h4-8,13H,9-12H2,1-3H3,(H,21,25)(H2,19,22,26). The highest BCUT2D eigenvalue weighted by molar-refractivity contribution is 7.99. The van der Waals surface area contributed by atoms with E-state index in [1.165, 1.54) is 11.8 Å². The lowest BCUT2D eigenvalue weighted by Crippen LogP contribution is -2.47. The Morgan fingerprint density at radius 2 is 1.96 bits per heavy atom. The molecule has 9 heteroatoms. The summed E-state index contributed by atoms with van der Waals surface area (Å²) in [5.74, 6) is 1.45. The Hall–Kier alpha value is -2.13. The molecule has 1 heterocycles. The predicted octanol–water partition coefficient (Wildman–Crippen LogP) is 2.27. The van der Waals surface area contributed by atoms with Crippen molar-refractivity contribution in [3.8, 4) is 0 Å². The minimum Gasteiger partial charge on any atom is -0.361 e. The fourth-order valence-electron chi connectivity index (χ4n) is 2.23. The van der Waals surface area contributed by atoms with E-state index in [0.717, 1.165) is 24.4 Å². The molecule has 0 aliphatic rings. The minimum atomic E-state index is -0.181. The van der Waals surface area contributed by atoms with Gasteiger partial charge >= 0.3 is 0 Å². The predicted molar refractivity (Wildman–Crippen MR) is 112 cm³/mol. The molecular formula is C18H26N6OS2. The van der Waals surface area contributed by atoms with Gasteiger partial charge in [0, 0.05) is 6.54 Å². The number of thiocarbonyl (C=S) groups is 1. The Balaban J connectivity index is 1.78. The monoisotopic (exact) mass is 406 g/mol. The van der Waals surface area contributed by atoms with E-state index in [0.29, 0.717) is 22.7 Å². The molecule has 0 saturated carbocycles.